The van der Waals surface area contributed by atoms with Crippen LogP contribution in [0, 0.1) is 5.92 Å². The number of alkyl halides is 2. The third-order valence-electron chi connectivity index (χ3n) is 2.37. The number of esters is 1. The smallest absolute Gasteiger partial charge is 0.329 e. The summed E-state index contributed by atoms with van der Waals surface area (Å²) in [6.07, 6.45) is -2.58. The second kappa shape index (κ2) is 6.66. The quantitative estimate of drug-likeness (QED) is 0.775. The van der Waals surface area contributed by atoms with Gasteiger partial charge in [-0.1, -0.05) is 20.3 Å². The molecule has 0 aromatic heterocycles. The summed E-state index contributed by atoms with van der Waals surface area (Å²) < 4.78 is 29.5. The molecule has 1 N–H and O–H groups in total. The lowest BCUT2D eigenvalue weighted by Crippen LogP contribution is -2.49. The van der Waals surface area contributed by atoms with Crippen LogP contribution in [0.4, 0.5) is 8.78 Å². The van der Waals surface area contributed by atoms with Gasteiger partial charge in [0.2, 0.25) is 0 Å². The zero-order chi connectivity index (χ0) is 14.5. The van der Waals surface area contributed by atoms with Crippen LogP contribution in [0.2, 0.25) is 0 Å². The topological polar surface area (TPSA) is 55.4 Å². The van der Waals surface area contributed by atoms with Crippen molar-refractivity contribution in [2.24, 2.45) is 5.92 Å². The van der Waals surface area contributed by atoms with Crippen molar-refractivity contribution in [3.8, 4) is 0 Å². The molecule has 0 bridgehead atoms. The highest BCUT2D eigenvalue weighted by molar-refractivity contribution is 5.86. The number of hydrogen-bond donors (Lipinski definition) is 1. The first-order valence-corrected chi connectivity index (χ1v) is 5.89. The summed E-state index contributed by atoms with van der Waals surface area (Å²) in [5.74, 6) is -2.42. The van der Waals surface area contributed by atoms with Gasteiger partial charge >= 0.3 is 12.4 Å². The molecule has 0 heterocycles. The standard InChI is InChI=1S/C12H21F2NO3/c1-6-7(2)8(15-10(16)9(13)14)11(17)18-12(3,4)5/h7-9H,6H2,1-5H3,(H,15,16)/t7-,8-/m0/s1. The molecule has 18 heavy (non-hydrogen) atoms. The normalized spacial score (nSPS) is 15.1. The summed E-state index contributed by atoms with van der Waals surface area (Å²) in [7, 11) is 0. The van der Waals surface area contributed by atoms with Gasteiger partial charge in [-0.25, -0.2) is 4.79 Å². The van der Waals surface area contributed by atoms with Crippen LogP contribution in [0.15, 0.2) is 0 Å². The van der Waals surface area contributed by atoms with Gasteiger partial charge in [0, 0.05) is 0 Å². The van der Waals surface area contributed by atoms with Gasteiger partial charge in [0.25, 0.3) is 5.91 Å². The molecule has 0 fully saturated rings. The largest absolute Gasteiger partial charge is 0.458 e. The summed E-state index contributed by atoms with van der Waals surface area (Å²) >= 11 is 0. The molecule has 0 aromatic carbocycles. The molecule has 0 radical (unpaired) electrons. The molecule has 1 amide bonds. The lowest BCUT2D eigenvalue weighted by atomic mass is 9.99. The molecule has 0 saturated heterocycles. The molecule has 0 aliphatic rings. The zero-order valence-corrected chi connectivity index (χ0v) is 11.4. The van der Waals surface area contributed by atoms with Crippen molar-refractivity contribution < 1.29 is 23.1 Å². The van der Waals surface area contributed by atoms with E-state index >= 15 is 0 Å². The number of halogens is 2. The van der Waals surface area contributed by atoms with Crippen molar-refractivity contribution in [2.75, 3.05) is 0 Å². The fourth-order valence-electron chi connectivity index (χ4n) is 1.25. The van der Waals surface area contributed by atoms with E-state index in [0.717, 1.165) is 0 Å². The monoisotopic (exact) mass is 265 g/mol. The second-order valence-electron chi connectivity index (χ2n) is 5.21. The van der Waals surface area contributed by atoms with Gasteiger partial charge in [-0.2, -0.15) is 8.78 Å². The van der Waals surface area contributed by atoms with Crippen LogP contribution in [0.5, 0.6) is 0 Å². The van der Waals surface area contributed by atoms with Crippen molar-refractivity contribution in [1.82, 2.24) is 5.32 Å². The molecule has 0 unspecified atom stereocenters. The van der Waals surface area contributed by atoms with Gasteiger partial charge in [-0.3, -0.25) is 4.79 Å². The van der Waals surface area contributed by atoms with E-state index in [4.69, 9.17) is 4.74 Å². The van der Waals surface area contributed by atoms with Crippen molar-refractivity contribution in [3.05, 3.63) is 0 Å². The number of ether oxygens (including phenoxy) is 1. The predicted molar refractivity (Wildman–Crippen MR) is 63.2 cm³/mol. The number of carbonyl (C=O) groups excluding carboxylic acids is 2. The minimum atomic E-state index is -3.14. The Morgan fingerprint density at radius 3 is 2.11 bits per heavy atom. The molecular weight excluding hydrogens is 244 g/mol. The number of carbonyl (C=O) groups is 2. The van der Waals surface area contributed by atoms with Crippen LogP contribution in [-0.2, 0) is 14.3 Å². The van der Waals surface area contributed by atoms with Crippen molar-refractivity contribution in [2.45, 2.75) is 59.1 Å². The Morgan fingerprint density at radius 2 is 1.78 bits per heavy atom. The van der Waals surface area contributed by atoms with Crippen LogP contribution in [0.25, 0.3) is 0 Å². The Bertz CT molecular complexity index is 300. The van der Waals surface area contributed by atoms with E-state index in [0.29, 0.717) is 6.42 Å². The van der Waals surface area contributed by atoms with E-state index in [9.17, 15) is 18.4 Å². The van der Waals surface area contributed by atoms with Gasteiger partial charge in [0.05, 0.1) is 0 Å². The Balaban J connectivity index is 4.79. The van der Waals surface area contributed by atoms with Crippen LogP contribution in [0.3, 0.4) is 0 Å². The molecule has 0 spiro atoms. The highest BCUT2D eigenvalue weighted by Crippen LogP contribution is 2.15. The van der Waals surface area contributed by atoms with Crippen LogP contribution in [0.1, 0.15) is 41.0 Å². The maximum absolute atomic E-state index is 12.2. The molecular formula is C12H21F2NO3. The summed E-state index contributed by atoms with van der Waals surface area (Å²) in [5, 5.41) is 2.03. The molecule has 0 rings (SSSR count). The van der Waals surface area contributed by atoms with Gasteiger partial charge in [-0.05, 0) is 26.7 Å². The average Bonchev–Trinajstić information content (AvgIpc) is 2.21. The molecule has 0 aromatic rings. The first-order valence-electron chi connectivity index (χ1n) is 5.89. The predicted octanol–water partition coefficient (Wildman–Crippen LogP) is 2.12. The Hall–Kier alpha value is -1.20. The van der Waals surface area contributed by atoms with Crippen LogP contribution in [-0.4, -0.2) is 29.9 Å². The molecule has 2 atom stereocenters. The van der Waals surface area contributed by atoms with Gasteiger partial charge in [0.15, 0.2) is 0 Å². The van der Waals surface area contributed by atoms with E-state index in [1.165, 1.54) is 0 Å². The van der Waals surface area contributed by atoms with E-state index in [1.54, 1.807) is 34.6 Å². The number of amides is 1. The fourth-order valence-corrected chi connectivity index (χ4v) is 1.25. The second-order valence-corrected chi connectivity index (χ2v) is 5.21. The number of nitrogens with one attached hydrogen (secondary N) is 1. The maximum Gasteiger partial charge on any atom is 0.329 e. The first kappa shape index (κ1) is 16.8. The first-order chi connectivity index (χ1) is 8.08. The van der Waals surface area contributed by atoms with E-state index in [-0.39, 0.29) is 5.92 Å². The molecule has 4 nitrogen and oxygen atoms in total. The van der Waals surface area contributed by atoms with E-state index in [1.807, 2.05) is 5.32 Å². The number of hydrogen-bond acceptors (Lipinski definition) is 3. The summed E-state index contributed by atoms with van der Waals surface area (Å²) in [4.78, 5) is 22.8. The minimum Gasteiger partial charge on any atom is -0.458 e. The maximum atomic E-state index is 12.2. The van der Waals surface area contributed by atoms with Crippen molar-refractivity contribution in [1.29, 1.82) is 0 Å². The highest BCUT2D eigenvalue weighted by atomic mass is 19.3. The minimum absolute atomic E-state index is 0.275. The third kappa shape index (κ3) is 5.93. The molecule has 6 heteroatoms. The molecule has 0 aliphatic carbocycles. The molecule has 0 saturated carbocycles. The lowest BCUT2D eigenvalue weighted by molar-refractivity contribution is -0.161. The van der Waals surface area contributed by atoms with Gasteiger partial charge in [-0.15, -0.1) is 0 Å². The SMILES string of the molecule is CC[C@H](C)[C@H](NC(=O)C(F)F)C(=O)OC(C)(C)C. The summed E-state index contributed by atoms with van der Waals surface area (Å²) in [6.45, 7) is 8.52. The van der Waals surface area contributed by atoms with Gasteiger partial charge in [0.1, 0.15) is 11.6 Å². The summed E-state index contributed by atoms with van der Waals surface area (Å²) in [6, 6.07) is -1.05. The Morgan fingerprint density at radius 1 is 1.28 bits per heavy atom. The van der Waals surface area contributed by atoms with Gasteiger partial charge < -0.3 is 10.1 Å². The van der Waals surface area contributed by atoms with Crippen LogP contribution >= 0.6 is 0 Å². The molecule has 106 valence electrons. The summed E-state index contributed by atoms with van der Waals surface area (Å²) in [5.41, 5.74) is -0.724. The zero-order valence-electron chi connectivity index (χ0n) is 11.4. The lowest BCUT2D eigenvalue weighted by Gasteiger charge is -2.27. The highest BCUT2D eigenvalue weighted by Gasteiger charge is 2.32. The average molecular weight is 265 g/mol. The third-order valence-corrected chi connectivity index (χ3v) is 2.37. The fraction of sp³-hybridized carbons (Fsp3) is 0.833. The molecule has 0 aliphatic heterocycles. The van der Waals surface area contributed by atoms with E-state index < -0.39 is 29.9 Å². The van der Waals surface area contributed by atoms with Crippen molar-refractivity contribution >= 4 is 11.9 Å². The van der Waals surface area contributed by atoms with Crippen LogP contribution < -0.4 is 5.32 Å². The van der Waals surface area contributed by atoms with Crippen molar-refractivity contribution in [3.63, 3.8) is 0 Å². The Kier molecular flexibility index (Phi) is 6.21. The van der Waals surface area contributed by atoms with E-state index in [2.05, 4.69) is 0 Å². The number of rotatable bonds is 5. The Labute approximate surface area is 106 Å².